The first-order valence-electron chi connectivity index (χ1n) is 7.18. The van der Waals surface area contributed by atoms with Gasteiger partial charge in [0.05, 0.1) is 5.41 Å². The third-order valence-electron chi connectivity index (χ3n) is 4.15. The second kappa shape index (κ2) is 4.88. The molecule has 0 radical (unpaired) electrons. The predicted octanol–water partition coefficient (Wildman–Crippen LogP) is 4.64. The summed E-state index contributed by atoms with van der Waals surface area (Å²) in [5.74, 6) is 0.142. The van der Waals surface area contributed by atoms with Gasteiger partial charge in [0.2, 0.25) is 0 Å². The van der Waals surface area contributed by atoms with E-state index in [4.69, 9.17) is 0 Å². The summed E-state index contributed by atoms with van der Waals surface area (Å²) in [5, 5.41) is 0.995. The van der Waals surface area contributed by atoms with Crippen LogP contribution in [0.5, 0.6) is 0 Å². The van der Waals surface area contributed by atoms with E-state index in [0.717, 1.165) is 22.0 Å². The van der Waals surface area contributed by atoms with Crippen molar-refractivity contribution in [2.24, 2.45) is 0 Å². The Bertz CT molecular complexity index is 797. The first kappa shape index (κ1) is 13.6. The van der Waals surface area contributed by atoms with Crippen LogP contribution in [0.15, 0.2) is 54.7 Å². The van der Waals surface area contributed by atoms with Gasteiger partial charge in [0, 0.05) is 22.7 Å². The monoisotopic (exact) mass is 277 g/mol. The van der Waals surface area contributed by atoms with E-state index in [-0.39, 0.29) is 5.78 Å². The summed E-state index contributed by atoms with van der Waals surface area (Å²) in [6.07, 6.45) is 1.83. The fourth-order valence-corrected chi connectivity index (χ4v) is 2.75. The average Bonchev–Trinajstić information content (AvgIpc) is 2.90. The van der Waals surface area contributed by atoms with E-state index >= 15 is 0 Å². The van der Waals surface area contributed by atoms with Crippen LogP contribution in [0.3, 0.4) is 0 Å². The van der Waals surface area contributed by atoms with E-state index < -0.39 is 5.41 Å². The van der Waals surface area contributed by atoms with Crippen LogP contribution in [-0.4, -0.2) is 10.8 Å². The number of carbonyl (C=O) groups excluding carboxylic acids is 1. The molecule has 0 atom stereocenters. The number of hydrogen-bond donors (Lipinski definition) is 1. The number of aryl methyl sites for hydroxylation is 1. The molecule has 1 heterocycles. The van der Waals surface area contributed by atoms with E-state index in [1.54, 1.807) is 0 Å². The Labute approximate surface area is 124 Å². The highest BCUT2D eigenvalue weighted by Crippen LogP contribution is 2.30. The highest BCUT2D eigenvalue weighted by molar-refractivity contribution is 6.12. The van der Waals surface area contributed by atoms with Crippen LogP contribution in [0.25, 0.3) is 10.9 Å². The van der Waals surface area contributed by atoms with Gasteiger partial charge in [0.1, 0.15) is 0 Å². The first-order valence-corrected chi connectivity index (χ1v) is 7.18. The number of ketones is 1. The molecule has 0 saturated heterocycles. The minimum Gasteiger partial charge on any atom is -0.360 e. The maximum atomic E-state index is 13.0. The molecular weight excluding hydrogens is 258 g/mol. The van der Waals surface area contributed by atoms with Crippen LogP contribution in [0.2, 0.25) is 0 Å². The van der Waals surface area contributed by atoms with E-state index in [0.29, 0.717) is 0 Å². The highest BCUT2D eigenvalue weighted by Gasteiger charge is 2.31. The van der Waals surface area contributed by atoms with Gasteiger partial charge in [0.25, 0.3) is 0 Å². The Morgan fingerprint density at radius 3 is 2.48 bits per heavy atom. The van der Waals surface area contributed by atoms with E-state index in [2.05, 4.69) is 18.0 Å². The van der Waals surface area contributed by atoms with Crippen molar-refractivity contribution in [3.63, 3.8) is 0 Å². The molecule has 106 valence electrons. The lowest BCUT2D eigenvalue weighted by Gasteiger charge is -2.23. The van der Waals surface area contributed by atoms with Gasteiger partial charge in [-0.15, -0.1) is 0 Å². The molecule has 0 aliphatic heterocycles. The SMILES string of the molecule is Cc1ccc2c(C(=O)C(C)(C)c3ccccc3)c[nH]c2c1. The van der Waals surface area contributed by atoms with Gasteiger partial charge >= 0.3 is 0 Å². The maximum absolute atomic E-state index is 13.0. The maximum Gasteiger partial charge on any atom is 0.174 e. The number of fused-ring (bicyclic) bond motifs is 1. The van der Waals surface area contributed by atoms with Crippen LogP contribution in [0.4, 0.5) is 0 Å². The number of aromatic amines is 1. The highest BCUT2D eigenvalue weighted by atomic mass is 16.1. The Morgan fingerprint density at radius 2 is 1.76 bits per heavy atom. The molecule has 3 rings (SSSR count). The molecule has 1 N–H and O–H groups in total. The van der Waals surface area contributed by atoms with Crippen molar-refractivity contribution in [3.8, 4) is 0 Å². The van der Waals surface area contributed by atoms with E-state index in [1.165, 1.54) is 5.56 Å². The zero-order valence-electron chi connectivity index (χ0n) is 12.6. The summed E-state index contributed by atoms with van der Waals surface area (Å²) < 4.78 is 0. The van der Waals surface area contributed by atoms with Crippen LogP contribution in [0, 0.1) is 6.92 Å². The van der Waals surface area contributed by atoms with Crippen molar-refractivity contribution in [2.45, 2.75) is 26.2 Å². The topological polar surface area (TPSA) is 32.9 Å². The third-order valence-corrected chi connectivity index (χ3v) is 4.15. The Balaban J connectivity index is 2.08. The second-order valence-corrected chi connectivity index (χ2v) is 6.07. The van der Waals surface area contributed by atoms with Crippen LogP contribution in [-0.2, 0) is 5.41 Å². The summed E-state index contributed by atoms with van der Waals surface area (Å²) in [5.41, 5.74) is 3.46. The minimum atomic E-state index is -0.540. The van der Waals surface area contributed by atoms with Crippen molar-refractivity contribution < 1.29 is 4.79 Å². The fourth-order valence-electron chi connectivity index (χ4n) is 2.75. The van der Waals surface area contributed by atoms with E-state index in [9.17, 15) is 4.79 Å². The van der Waals surface area contributed by atoms with Gasteiger partial charge < -0.3 is 4.98 Å². The number of carbonyl (C=O) groups is 1. The molecule has 0 saturated carbocycles. The second-order valence-electron chi connectivity index (χ2n) is 6.07. The first-order chi connectivity index (χ1) is 10.00. The van der Waals surface area contributed by atoms with Gasteiger partial charge in [-0.2, -0.15) is 0 Å². The Hall–Kier alpha value is -2.35. The molecule has 2 aromatic carbocycles. The van der Waals surface area contributed by atoms with Crippen molar-refractivity contribution in [2.75, 3.05) is 0 Å². The Kier molecular flexibility index (Phi) is 3.17. The van der Waals surface area contributed by atoms with E-state index in [1.807, 2.05) is 62.5 Å². The molecule has 0 aliphatic carbocycles. The van der Waals surface area contributed by atoms with Crippen LogP contribution >= 0.6 is 0 Å². The van der Waals surface area contributed by atoms with Gasteiger partial charge in [-0.3, -0.25) is 4.79 Å². The molecule has 21 heavy (non-hydrogen) atoms. The molecule has 2 heteroatoms. The largest absolute Gasteiger partial charge is 0.360 e. The number of hydrogen-bond acceptors (Lipinski definition) is 1. The predicted molar refractivity (Wildman–Crippen MR) is 86.8 cm³/mol. The molecule has 3 aromatic rings. The molecule has 0 fully saturated rings. The molecule has 0 spiro atoms. The molecule has 2 nitrogen and oxygen atoms in total. The number of rotatable bonds is 3. The molecular formula is C19H19NO. The lowest BCUT2D eigenvalue weighted by atomic mass is 9.78. The summed E-state index contributed by atoms with van der Waals surface area (Å²) in [6.45, 7) is 6.02. The summed E-state index contributed by atoms with van der Waals surface area (Å²) in [4.78, 5) is 16.2. The average molecular weight is 277 g/mol. The van der Waals surface area contributed by atoms with Crippen LogP contribution in [0.1, 0.15) is 35.3 Å². The molecule has 1 aromatic heterocycles. The number of Topliss-reactive ketones (excluding diaryl/α,β-unsaturated/α-hetero) is 1. The molecule has 0 unspecified atom stereocenters. The van der Waals surface area contributed by atoms with Crippen molar-refractivity contribution >= 4 is 16.7 Å². The fraction of sp³-hybridized carbons (Fsp3) is 0.211. The van der Waals surface area contributed by atoms with Crippen LogP contribution < -0.4 is 0 Å². The normalized spacial score (nSPS) is 11.8. The third kappa shape index (κ3) is 2.27. The number of H-pyrrole nitrogens is 1. The van der Waals surface area contributed by atoms with Gasteiger partial charge in [-0.1, -0.05) is 42.5 Å². The molecule has 0 aliphatic rings. The van der Waals surface area contributed by atoms with Crippen molar-refractivity contribution in [3.05, 3.63) is 71.4 Å². The lowest BCUT2D eigenvalue weighted by molar-refractivity contribution is 0.0910. The zero-order valence-corrected chi connectivity index (χ0v) is 12.6. The minimum absolute atomic E-state index is 0.142. The zero-order chi connectivity index (χ0) is 15.0. The lowest BCUT2D eigenvalue weighted by Crippen LogP contribution is -2.28. The number of aromatic nitrogens is 1. The Morgan fingerprint density at radius 1 is 1.05 bits per heavy atom. The van der Waals surface area contributed by atoms with Crippen molar-refractivity contribution in [1.29, 1.82) is 0 Å². The number of nitrogens with one attached hydrogen (secondary N) is 1. The molecule has 0 amide bonds. The summed E-state index contributed by atoms with van der Waals surface area (Å²) in [7, 11) is 0. The van der Waals surface area contributed by atoms with Gasteiger partial charge in [-0.25, -0.2) is 0 Å². The number of benzene rings is 2. The van der Waals surface area contributed by atoms with Crippen molar-refractivity contribution in [1.82, 2.24) is 4.98 Å². The standard InChI is InChI=1S/C19H19NO/c1-13-9-10-15-16(12-20-17(15)11-13)18(21)19(2,3)14-7-5-4-6-8-14/h4-12,20H,1-3H3. The smallest absolute Gasteiger partial charge is 0.174 e. The summed E-state index contributed by atoms with van der Waals surface area (Å²) in [6, 6.07) is 16.1. The quantitative estimate of drug-likeness (QED) is 0.695. The summed E-state index contributed by atoms with van der Waals surface area (Å²) >= 11 is 0. The van der Waals surface area contributed by atoms with Gasteiger partial charge in [0.15, 0.2) is 5.78 Å². The molecule has 0 bridgehead atoms. The van der Waals surface area contributed by atoms with Gasteiger partial charge in [-0.05, 0) is 38.0 Å².